The van der Waals surface area contributed by atoms with Crippen LogP contribution in [0.15, 0.2) is 41.8 Å². The van der Waals surface area contributed by atoms with E-state index in [2.05, 4.69) is 36.7 Å². The molecule has 0 spiro atoms. The van der Waals surface area contributed by atoms with Gasteiger partial charge in [0, 0.05) is 23.4 Å². The van der Waals surface area contributed by atoms with E-state index < -0.39 is 6.10 Å². The van der Waals surface area contributed by atoms with Gasteiger partial charge in [0.2, 0.25) is 0 Å². The average molecular weight is 293 g/mol. The van der Waals surface area contributed by atoms with Crippen molar-refractivity contribution in [2.75, 3.05) is 13.1 Å². The van der Waals surface area contributed by atoms with Crippen LogP contribution < -0.4 is 5.32 Å². The summed E-state index contributed by atoms with van der Waals surface area (Å²) in [5.74, 6) is -0.285. The summed E-state index contributed by atoms with van der Waals surface area (Å²) < 4.78 is 12.8. The summed E-state index contributed by atoms with van der Waals surface area (Å²) >= 11 is 1.74. The lowest BCUT2D eigenvalue weighted by Gasteiger charge is -2.24. The molecule has 2 rings (SSSR count). The van der Waals surface area contributed by atoms with Crippen molar-refractivity contribution in [1.29, 1.82) is 0 Å². The minimum Gasteiger partial charge on any atom is -0.387 e. The van der Waals surface area contributed by atoms with Gasteiger partial charge in [-0.25, -0.2) is 4.39 Å². The molecule has 0 radical (unpaired) electrons. The largest absolute Gasteiger partial charge is 0.387 e. The van der Waals surface area contributed by atoms with Gasteiger partial charge in [-0.2, -0.15) is 0 Å². The lowest BCUT2D eigenvalue weighted by Crippen LogP contribution is -2.34. The van der Waals surface area contributed by atoms with Gasteiger partial charge in [-0.15, -0.1) is 11.3 Å². The molecule has 0 aliphatic rings. The first kappa shape index (κ1) is 15.2. The maximum atomic E-state index is 12.8. The van der Waals surface area contributed by atoms with Crippen molar-refractivity contribution in [3.05, 3.63) is 58.0 Å². The number of rotatable bonds is 6. The number of halogens is 1. The van der Waals surface area contributed by atoms with Gasteiger partial charge >= 0.3 is 0 Å². The van der Waals surface area contributed by atoms with Crippen LogP contribution >= 0.6 is 11.3 Å². The number of benzene rings is 1. The molecule has 1 aromatic heterocycles. The SMILES string of the molecule is CC(C)(CNCC(O)c1ccc(F)cc1)c1cccs1. The minimum atomic E-state index is -0.616. The normalized spacial score (nSPS) is 13.4. The van der Waals surface area contributed by atoms with Crippen molar-refractivity contribution < 1.29 is 9.50 Å². The van der Waals surface area contributed by atoms with E-state index in [1.807, 2.05) is 0 Å². The average Bonchev–Trinajstić information content (AvgIpc) is 2.94. The Bertz CT molecular complexity index is 522. The second-order valence-electron chi connectivity index (χ2n) is 5.56. The van der Waals surface area contributed by atoms with Gasteiger partial charge in [0.15, 0.2) is 0 Å². The smallest absolute Gasteiger partial charge is 0.123 e. The third kappa shape index (κ3) is 3.88. The molecule has 4 heteroatoms. The molecule has 0 aliphatic heterocycles. The molecule has 2 aromatic rings. The fourth-order valence-corrected chi connectivity index (χ4v) is 2.93. The quantitative estimate of drug-likeness (QED) is 0.854. The first-order valence-corrected chi connectivity index (χ1v) is 7.55. The highest BCUT2D eigenvalue weighted by atomic mass is 32.1. The number of aliphatic hydroxyl groups excluding tert-OH is 1. The van der Waals surface area contributed by atoms with Crippen LogP contribution in [0.1, 0.15) is 30.4 Å². The molecular weight excluding hydrogens is 273 g/mol. The molecule has 1 heterocycles. The fourth-order valence-electron chi connectivity index (χ4n) is 2.07. The van der Waals surface area contributed by atoms with Crippen LogP contribution in [0.2, 0.25) is 0 Å². The van der Waals surface area contributed by atoms with Crippen molar-refractivity contribution in [2.24, 2.45) is 0 Å². The highest BCUT2D eigenvalue weighted by Gasteiger charge is 2.21. The van der Waals surface area contributed by atoms with Crippen LogP contribution in [0.4, 0.5) is 4.39 Å². The Balaban J connectivity index is 1.85. The molecule has 0 bridgehead atoms. The number of hydrogen-bond donors (Lipinski definition) is 2. The van der Waals surface area contributed by atoms with E-state index in [1.54, 1.807) is 23.5 Å². The molecule has 0 fully saturated rings. The third-order valence-electron chi connectivity index (χ3n) is 3.35. The Morgan fingerprint density at radius 3 is 2.55 bits per heavy atom. The first-order chi connectivity index (χ1) is 9.49. The Hall–Kier alpha value is -1.23. The van der Waals surface area contributed by atoms with Crippen LogP contribution in [0, 0.1) is 5.82 Å². The molecule has 0 saturated heterocycles. The summed E-state index contributed by atoms with van der Waals surface area (Å²) in [5.41, 5.74) is 0.768. The van der Waals surface area contributed by atoms with E-state index in [4.69, 9.17) is 0 Å². The van der Waals surface area contributed by atoms with Gasteiger partial charge in [0.25, 0.3) is 0 Å². The van der Waals surface area contributed by atoms with Crippen molar-refractivity contribution in [3.63, 3.8) is 0 Å². The summed E-state index contributed by atoms with van der Waals surface area (Å²) in [6.45, 7) is 5.60. The highest BCUT2D eigenvalue weighted by molar-refractivity contribution is 7.10. The molecular formula is C16H20FNOS. The molecule has 1 atom stereocenters. The topological polar surface area (TPSA) is 32.3 Å². The predicted octanol–water partition coefficient (Wildman–Crippen LogP) is 3.49. The lowest BCUT2D eigenvalue weighted by atomic mass is 9.91. The van der Waals surface area contributed by atoms with Gasteiger partial charge in [-0.05, 0) is 29.1 Å². The summed E-state index contributed by atoms with van der Waals surface area (Å²) in [4.78, 5) is 1.32. The van der Waals surface area contributed by atoms with Crippen molar-refractivity contribution in [1.82, 2.24) is 5.32 Å². The van der Waals surface area contributed by atoms with E-state index in [0.717, 1.165) is 12.1 Å². The second-order valence-corrected chi connectivity index (χ2v) is 6.51. The summed E-state index contributed by atoms with van der Waals surface area (Å²) in [6, 6.07) is 10.2. The third-order valence-corrected chi connectivity index (χ3v) is 4.58. The van der Waals surface area contributed by atoms with Crippen molar-refractivity contribution >= 4 is 11.3 Å². The Labute approximate surface area is 123 Å². The molecule has 1 unspecified atom stereocenters. The van der Waals surface area contributed by atoms with Gasteiger partial charge in [-0.3, -0.25) is 0 Å². The first-order valence-electron chi connectivity index (χ1n) is 6.67. The van der Waals surface area contributed by atoms with E-state index in [-0.39, 0.29) is 11.2 Å². The Kier molecular flexibility index (Phi) is 4.91. The Morgan fingerprint density at radius 1 is 1.25 bits per heavy atom. The molecule has 1 aromatic carbocycles. The summed E-state index contributed by atoms with van der Waals surface area (Å²) in [6.07, 6.45) is -0.616. The second kappa shape index (κ2) is 6.48. The van der Waals surface area contributed by atoms with E-state index >= 15 is 0 Å². The molecule has 2 nitrogen and oxygen atoms in total. The zero-order chi connectivity index (χ0) is 14.6. The fraction of sp³-hybridized carbons (Fsp3) is 0.375. The maximum Gasteiger partial charge on any atom is 0.123 e. The number of thiophene rings is 1. The van der Waals surface area contributed by atoms with Gasteiger partial charge in [0.05, 0.1) is 6.10 Å². The summed E-state index contributed by atoms with van der Waals surface area (Å²) in [5, 5.41) is 15.4. The van der Waals surface area contributed by atoms with Crippen LogP contribution in [0.25, 0.3) is 0 Å². The Morgan fingerprint density at radius 2 is 1.95 bits per heavy atom. The minimum absolute atomic E-state index is 0.0384. The van der Waals surface area contributed by atoms with Crippen LogP contribution in [-0.2, 0) is 5.41 Å². The van der Waals surface area contributed by atoms with E-state index in [9.17, 15) is 9.50 Å². The van der Waals surface area contributed by atoms with Crippen LogP contribution in [-0.4, -0.2) is 18.2 Å². The number of nitrogens with one attached hydrogen (secondary N) is 1. The number of hydrogen-bond acceptors (Lipinski definition) is 3. The van der Waals surface area contributed by atoms with Crippen LogP contribution in [0.5, 0.6) is 0 Å². The monoisotopic (exact) mass is 293 g/mol. The maximum absolute atomic E-state index is 12.8. The molecule has 108 valence electrons. The van der Waals surface area contributed by atoms with Gasteiger partial charge in [0.1, 0.15) is 5.82 Å². The molecule has 2 N–H and O–H groups in total. The van der Waals surface area contributed by atoms with Crippen molar-refractivity contribution in [2.45, 2.75) is 25.4 Å². The molecule has 20 heavy (non-hydrogen) atoms. The zero-order valence-corrected chi connectivity index (χ0v) is 12.6. The van der Waals surface area contributed by atoms with Gasteiger partial charge < -0.3 is 10.4 Å². The number of aliphatic hydroxyl groups is 1. The highest BCUT2D eigenvalue weighted by Crippen LogP contribution is 2.26. The molecule has 0 amide bonds. The summed E-state index contributed by atoms with van der Waals surface area (Å²) in [7, 11) is 0. The zero-order valence-electron chi connectivity index (χ0n) is 11.8. The van der Waals surface area contributed by atoms with Crippen LogP contribution in [0.3, 0.4) is 0 Å². The van der Waals surface area contributed by atoms with E-state index in [1.165, 1.54) is 17.0 Å². The van der Waals surface area contributed by atoms with Gasteiger partial charge in [-0.1, -0.05) is 32.0 Å². The predicted molar refractivity (Wildman–Crippen MR) is 81.6 cm³/mol. The molecule has 0 saturated carbocycles. The van der Waals surface area contributed by atoms with E-state index in [0.29, 0.717) is 6.54 Å². The molecule has 0 aliphatic carbocycles. The van der Waals surface area contributed by atoms with Crippen molar-refractivity contribution in [3.8, 4) is 0 Å². The lowest BCUT2D eigenvalue weighted by molar-refractivity contribution is 0.172. The standard InChI is InChI=1S/C16H20FNOS/c1-16(2,15-4-3-9-20-15)11-18-10-14(19)12-5-7-13(17)8-6-12/h3-9,14,18-19H,10-11H2,1-2H3.